The molecule has 1 aromatic heterocycles. The Morgan fingerprint density at radius 2 is 2.11 bits per heavy atom. The van der Waals surface area contributed by atoms with Crippen molar-refractivity contribution in [3.05, 3.63) is 10.1 Å². The van der Waals surface area contributed by atoms with Crippen LogP contribution in [-0.4, -0.2) is 33.7 Å². The summed E-state index contributed by atoms with van der Waals surface area (Å²) < 4.78 is 0. The number of anilines is 2. The molecule has 104 valence electrons. The molecular weight excluding hydrogens is 266 g/mol. The van der Waals surface area contributed by atoms with Crippen LogP contribution in [0.2, 0.25) is 0 Å². The van der Waals surface area contributed by atoms with E-state index in [1.807, 2.05) is 13.2 Å². The predicted octanol–water partition coefficient (Wildman–Crippen LogP) is 2.50. The highest BCUT2D eigenvalue weighted by Crippen LogP contribution is 2.34. The van der Waals surface area contributed by atoms with Crippen molar-refractivity contribution in [2.24, 2.45) is 0 Å². The molecule has 1 saturated carbocycles. The Bertz CT molecular complexity index is 478. The van der Waals surface area contributed by atoms with Crippen molar-refractivity contribution >= 4 is 29.1 Å². The first-order valence-electron chi connectivity index (χ1n) is 6.26. The Labute approximate surface area is 115 Å². The van der Waals surface area contributed by atoms with Gasteiger partial charge in [0.15, 0.2) is 5.16 Å². The van der Waals surface area contributed by atoms with Gasteiger partial charge in [-0.25, -0.2) is 0 Å². The second kappa shape index (κ2) is 6.05. The molecule has 0 bridgehead atoms. The average Bonchev–Trinajstić information content (AvgIpc) is 2.33. The number of nitrogens with zero attached hydrogens (tertiary/aromatic N) is 3. The normalized spacial score (nSPS) is 14.8. The molecule has 2 rings (SSSR count). The topological polar surface area (TPSA) is 93.0 Å². The van der Waals surface area contributed by atoms with Gasteiger partial charge in [0.1, 0.15) is 0 Å². The van der Waals surface area contributed by atoms with Crippen LogP contribution in [0.25, 0.3) is 0 Å². The van der Waals surface area contributed by atoms with Crippen molar-refractivity contribution in [2.45, 2.75) is 37.4 Å². The second-order valence-electron chi connectivity index (χ2n) is 4.32. The van der Waals surface area contributed by atoms with E-state index in [0.29, 0.717) is 17.5 Å². The Hall–Kier alpha value is -1.57. The minimum Gasteiger partial charge on any atom is -0.364 e. The fourth-order valence-corrected chi connectivity index (χ4v) is 2.20. The molecule has 0 amide bonds. The van der Waals surface area contributed by atoms with Gasteiger partial charge in [0.05, 0.1) is 4.92 Å². The molecule has 1 aliphatic rings. The summed E-state index contributed by atoms with van der Waals surface area (Å²) in [6, 6.07) is 0.290. The molecule has 1 fully saturated rings. The van der Waals surface area contributed by atoms with E-state index in [0.717, 1.165) is 19.3 Å². The lowest BCUT2D eigenvalue weighted by atomic mass is 9.93. The number of hydrogen-bond donors (Lipinski definition) is 2. The van der Waals surface area contributed by atoms with E-state index in [-0.39, 0.29) is 17.5 Å². The van der Waals surface area contributed by atoms with Crippen molar-refractivity contribution in [1.29, 1.82) is 0 Å². The van der Waals surface area contributed by atoms with Crippen LogP contribution in [0.3, 0.4) is 0 Å². The van der Waals surface area contributed by atoms with E-state index in [1.54, 1.807) is 0 Å². The first kappa shape index (κ1) is 13.9. The lowest BCUT2D eigenvalue weighted by molar-refractivity contribution is -0.383. The Balaban J connectivity index is 2.40. The van der Waals surface area contributed by atoms with Crippen LogP contribution in [0.1, 0.15) is 26.2 Å². The number of aromatic nitrogens is 2. The zero-order valence-electron chi connectivity index (χ0n) is 11.0. The smallest absolute Gasteiger partial charge is 0.353 e. The number of nitrogens with one attached hydrogen (secondary N) is 2. The van der Waals surface area contributed by atoms with Gasteiger partial charge in [-0.15, -0.1) is 0 Å². The van der Waals surface area contributed by atoms with Crippen molar-refractivity contribution in [3.63, 3.8) is 0 Å². The third-order valence-electron chi connectivity index (χ3n) is 3.02. The summed E-state index contributed by atoms with van der Waals surface area (Å²) >= 11 is 1.37. The van der Waals surface area contributed by atoms with E-state index in [2.05, 4.69) is 20.6 Å². The summed E-state index contributed by atoms with van der Waals surface area (Å²) in [4.78, 5) is 19.2. The molecule has 2 N–H and O–H groups in total. The van der Waals surface area contributed by atoms with Gasteiger partial charge in [0.2, 0.25) is 11.6 Å². The summed E-state index contributed by atoms with van der Waals surface area (Å²) in [6.07, 6.45) is 5.08. The fraction of sp³-hybridized carbons (Fsp3) is 0.636. The third kappa shape index (κ3) is 3.06. The van der Waals surface area contributed by atoms with Gasteiger partial charge in [-0.2, -0.15) is 9.97 Å². The largest absolute Gasteiger partial charge is 0.364 e. The highest BCUT2D eigenvalue weighted by atomic mass is 32.2. The van der Waals surface area contributed by atoms with Crippen LogP contribution in [0.15, 0.2) is 5.16 Å². The highest BCUT2D eigenvalue weighted by molar-refractivity contribution is 7.98. The van der Waals surface area contributed by atoms with E-state index in [9.17, 15) is 10.1 Å². The van der Waals surface area contributed by atoms with Gasteiger partial charge >= 0.3 is 5.69 Å². The molecule has 0 spiro atoms. The van der Waals surface area contributed by atoms with Gasteiger partial charge < -0.3 is 10.6 Å². The molecule has 0 unspecified atom stereocenters. The Morgan fingerprint density at radius 3 is 2.58 bits per heavy atom. The van der Waals surface area contributed by atoms with Gasteiger partial charge in [-0.05, 0) is 32.4 Å². The maximum Gasteiger partial charge on any atom is 0.353 e. The summed E-state index contributed by atoms with van der Waals surface area (Å²) in [5.41, 5.74) is -0.0634. The van der Waals surface area contributed by atoms with Crippen molar-refractivity contribution in [2.75, 3.05) is 23.4 Å². The summed E-state index contributed by atoms with van der Waals surface area (Å²) in [5, 5.41) is 17.9. The molecule has 1 heterocycles. The maximum atomic E-state index is 11.2. The molecule has 0 radical (unpaired) electrons. The predicted molar refractivity (Wildman–Crippen MR) is 75.9 cm³/mol. The zero-order valence-corrected chi connectivity index (χ0v) is 11.8. The first-order chi connectivity index (χ1) is 9.15. The fourth-order valence-electron chi connectivity index (χ4n) is 1.84. The summed E-state index contributed by atoms with van der Waals surface area (Å²) in [5.74, 6) is 0.610. The van der Waals surface area contributed by atoms with Gasteiger partial charge in [-0.3, -0.25) is 10.1 Å². The van der Waals surface area contributed by atoms with E-state index < -0.39 is 4.92 Å². The molecule has 0 atom stereocenters. The standard InChI is InChI=1S/C11H17N5O2S/c1-3-12-9-8(16(17)18)10(13-7-5-4-6-7)15-11(14-9)19-2/h7H,3-6H2,1-2H3,(H2,12,13,14,15). The van der Waals surface area contributed by atoms with Crippen molar-refractivity contribution in [1.82, 2.24) is 9.97 Å². The SMILES string of the molecule is CCNc1nc(SC)nc(NC2CCC2)c1[N+](=O)[O-]. The molecule has 1 aliphatic carbocycles. The molecule has 19 heavy (non-hydrogen) atoms. The molecule has 7 nitrogen and oxygen atoms in total. The van der Waals surface area contributed by atoms with E-state index >= 15 is 0 Å². The molecule has 0 saturated heterocycles. The van der Waals surface area contributed by atoms with Gasteiger partial charge in [0, 0.05) is 12.6 Å². The number of nitro groups is 1. The van der Waals surface area contributed by atoms with Gasteiger partial charge in [0.25, 0.3) is 0 Å². The number of rotatable bonds is 6. The van der Waals surface area contributed by atoms with Crippen LogP contribution in [0.5, 0.6) is 0 Å². The first-order valence-corrected chi connectivity index (χ1v) is 7.49. The molecular formula is C11H17N5O2S. The second-order valence-corrected chi connectivity index (χ2v) is 5.09. The lowest BCUT2D eigenvalue weighted by Crippen LogP contribution is -2.28. The van der Waals surface area contributed by atoms with Crippen LogP contribution in [0.4, 0.5) is 17.3 Å². The zero-order chi connectivity index (χ0) is 13.8. The minimum atomic E-state index is -0.427. The van der Waals surface area contributed by atoms with E-state index in [4.69, 9.17) is 0 Å². The molecule has 0 aliphatic heterocycles. The maximum absolute atomic E-state index is 11.2. The molecule has 0 aromatic carbocycles. The quantitative estimate of drug-likeness (QED) is 0.358. The summed E-state index contributed by atoms with van der Waals surface area (Å²) in [6.45, 7) is 2.46. The highest BCUT2D eigenvalue weighted by Gasteiger charge is 2.28. The van der Waals surface area contributed by atoms with Crippen molar-refractivity contribution in [3.8, 4) is 0 Å². The monoisotopic (exact) mass is 283 g/mol. The Morgan fingerprint density at radius 1 is 1.42 bits per heavy atom. The Kier molecular flexibility index (Phi) is 4.41. The summed E-state index contributed by atoms with van der Waals surface area (Å²) in [7, 11) is 0. The van der Waals surface area contributed by atoms with Crippen LogP contribution in [0, 0.1) is 10.1 Å². The average molecular weight is 283 g/mol. The van der Waals surface area contributed by atoms with Crippen LogP contribution >= 0.6 is 11.8 Å². The number of hydrogen-bond acceptors (Lipinski definition) is 7. The molecule has 1 aromatic rings. The number of thioether (sulfide) groups is 1. The molecule has 8 heteroatoms. The van der Waals surface area contributed by atoms with Gasteiger partial charge in [-0.1, -0.05) is 11.8 Å². The third-order valence-corrected chi connectivity index (χ3v) is 3.57. The van der Waals surface area contributed by atoms with Crippen molar-refractivity contribution < 1.29 is 4.92 Å². The van der Waals surface area contributed by atoms with Crippen LogP contribution < -0.4 is 10.6 Å². The van der Waals surface area contributed by atoms with E-state index in [1.165, 1.54) is 11.8 Å². The van der Waals surface area contributed by atoms with Crippen LogP contribution in [-0.2, 0) is 0 Å². The lowest BCUT2D eigenvalue weighted by Gasteiger charge is -2.26. The minimum absolute atomic E-state index is 0.0634.